The summed E-state index contributed by atoms with van der Waals surface area (Å²) < 4.78 is 5.42. The molecule has 1 aromatic rings. The molecule has 3 rings (SSSR count). The zero-order valence-electron chi connectivity index (χ0n) is 10.1. The summed E-state index contributed by atoms with van der Waals surface area (Å²) in [5.74, 6) is 0.687. The maximum atomic E-state index is 10.3. The maximum absolute atomic E-state index is 10.3. The van der Waals surface area contributed by atoms with Crippen molar-refractivity contribution in [3.63, 3.8) is 0 Å². The van der Waals surface area contributed by atoms with Gasteiger partial charge in [-0.25, -0.2) is 0 Å². The van der Waals surface area contributed by atoms with Gasteiger partial charge in [-0.2, -0.15) is 0 Å². The quantitative estimate of drug-likeness (QED) is 0.876. The monoisotopic (exact) mass is 252 g/mol. The molecule has 0 bridgehead atoms. The average Bonchev–Trinajstić information content (AvgIpc) is 3.08. The maximum Gasteiger partial charge on any atom is 0.143 e. The summed E-state index contributed by atoms with van der Waals surface area (Å²) in [5, 5.41) is 11.0. The Hall–Kier alpha value is -0.730. The molecule has 92 valence electrons. The van der Waals surface area contributed by atoms with Crippen molar-refractivity contribution in [3.8, 4) is 5.75 Å². The summed E-state index contributed by atoms with van der Waals surface area (Å²) in [6.45, 7) is 0. The van der Waals surface area contributed by atoms with Gasteiger partial charge in [0.1, 0.15) is 5.75 Å². The molecule has 0 saturated heterocycles. The van der Waals surface area contributed by atoms with Crippen LogP contribution in [0.3, 0.4) is 0 Å². The number of rotatable bonds is 2. The minimum Gasteiger partial charge on any atom is -0.495 e. The van der Waals surface area contributed by atoms with Gasteiger partial charge in [0.2, 0.25) is 0 Å². The second kappa shape index (κ2) is 3.89. The molecule has 1 aromatic carbocycles. The third kappa shape index (κ3) is 1.74. The van der Waals surface area contributed by atoms with Gasteiger partial charge in [0.05, 0.1) is 17.7 Å². The molecule has 1 N–H and O–H groups in total. The van der Waals surface area contributed by atoms with Crippen LogP contribution >= 0.6 is 11.6 Å². The van der Waals surface area contributed by atoms with E-state index in [4.69, 9.17) is 16.3 Å². The highest BCUT2D eigenvalue weighted by atomic mass is 35.5. The van der Waals surface area contributed by atoms with Crippen molar-refractivity contribution in [2.45, 2.75) is 44.1 Å². The number of hydrogen-bond donors (Lipinski definition) is 1. The number of halogens is 1. The van der Waals surface area contributed by atoms with Gasteiger partial charge in [-0.05, 0) is 55.7 Å². The molecule has 2 aliphatic carbocycles. The SMILES string of the molecule is COc1c(C2(O)CC2)cc2c(c1Cl)CCCC2. The van der Waals surface area contributed by atoms with Crippen LogP contribution in [0.5, 0.6) is 5.75 Å². The summed E-state index contributed by atoms with van der Waals surface area (Å²) in [7, 11) is 1.63. The fraction of sp³-hybridized carbons (Fsp3) is 0.571. The lowest BCUT2D eigenvalue weighted by Gasteiger charge is -2.23. The molecule has 17 heavy (non-hydrogen) atoms. The van der Waals surface area contributed by atoms with Crippen LogP contribution in [0.25, 0.3) is 0 Å². The number of aliphatic hydroxyl groups is 1. The molecule has 1 fully saturated rings. The molecular formula is C14H17ClO2. The van der Waals surface area contributed by atoms with Crippen molar-refractivity contribution >= 4 is 11.6 Å². The summed E-state index contributed by atoms with van der Waals surface area (Å²) in [6.07, 6.45) is 6.15. The van der Waals surface area contributed by atoms with Gasteiger partial charge < -0.3 is 9.84 Å². The molecular weight excluding hydrogens is 236 g/mol. The Morgan fingerprint density at radius 1 is 1.29 bits per heavy atom. The van der Waals surface area contributed by atoms with Crippen molar-refractivity contribution < 1.29 is 9.84 Å². The van der Waals surface area contributed by atoms with Crippen LogP contribution in [-0.2, 0) is 18.4 Å². The molecule has 0 unspecified atom stereocenters. The van der Waals surface area contributed by atoms with Crippen molar-refractivity contribution in [2.24, 2.45) is 0 Å². The second-order valence-electron chi connectivity index (χ2n) is 5.15. The summed E-state index contributed by atoms with van der Waals surface area (Å²) >= 11 is 6.43. The van der Waals surface area contributed by atoms with Gasteiger partial charge in [0.15, 0.2) is 0 Å². The first kappa shape index (κ1) is 11.4. The topological polar surface area (TPSA) is 29.5 Å². The van der Waals surface area contributed by atoms with Gasteiger partial charge in [-0.3, -0.25) is 0 Å². The fourth-order valence-corrected chi connectivity index (χ4v) is 3.16. The van der Waals surface area contributed by atoms with E-state index in [0.29, 0.717) is 5.75 Å². The van der Waals surface area contributed by atoms with E-state index >= 15 is 0 Å². The molecule has 0 aliphatic heterocycles. The lowest BCUT2D eigenvalue weighted by atomic mass is 9.88. The van der Waals surface area contributed by atoms with Crippen molar-refractivity contribution in [3.05, 3.63) is 27.8 Å². The Kier molecular flexibility index (Phi) is 2.60. The number of ether oxygens (including phenoxy) is 1. The fourth-order valence-electron chi connectivity index (χ4n) is 2.77. The molecule has 2 nitrogen and oxygen atoms in total. The van der Waals surface area contributed by atoms with Crippen LogP contribution in [0, 0.1) is 0 Å². The lowest BCUT2D eigenvalue weighted by molar-refractivity contribution is 0.147. The van der Waals surface area contributed by atoms with E-state index in [1.807, 2.05) is 0 Å². The highest BCUT2D eigenvalue weighted by Gasteiger charge is 2.45. The van der Waals surface area contributed by atoms with E-state index in [0.717, 1.165) is 36.3 Å². The van der Waals surface area contributed by atoms with Crippen LogP contribution in [0.2, 0.25) is 5.02 Å². The van der Waals surface area contributed by atoms with E-state index in [1.165, 1.54) is 24.0 Å². The largest absolute Gasteiger partial charge is 0.495 e. The summed E-state index contributed by atoms with van der Waals surface area (Å²) in [6, 6.07) is 2.12. The minimum absolute atomic E-state index is 0.679. The van der Waals surface area contributed by atoms with Crippen molar-refractivity contribution in [2.75, 3.05) is 7.11 Å². The number of methoxy groups -OCH3 is 1. The van der Waals surface area contributed by atoms with Gasteiger partial charge in [0.25, 0.3) is 0 Å². The third-order valence-electron chi connectivity index (χ3n) is 3.97. The Balaban J connectivity index is 2.18. The molecule has 2 aliphatic rings. The summed E-state index contributed by atoms with van der Waals surface area (Å²) in [4.78, 5) is 0. The predicted molar refractivity (Wildman–Crippen MR) is 67.8 cm³/mol. The van der Waals surface area contributed by atoms with E-state index in [2.05, 4.69) is 6.07 Å². The molecule has 0 amide bonds. The molecule has 0 atom stereocenters. The number of benzene rings is 1. The second-order valence-corrected chi connectivity index (χ2v) is 5.53. The van der Waals surface area contributed by atoms with Gasteiger partial charge in [-0.15, -0.1) is 0 Å². The van der Waals surface area contributed by atoms with Crippen LogP contribution in [-0.4, -0.2) is 12.2 Å². The standard InChI is InChI=1S/C14H17ClO2/c1-17-13-11(14(16)6-7-14)8-9-4-2-3-5-10(9)12(13)15/h8,16H,2-7H2,1H3. The zero-order valence-corrected chi connectivity index (χ0v) is 10.8. The van der Waals surface area contributed by atoms with Crippen LogP contribution in [0.1, 0.15) is 42.4 Å². The van der Waals surface area contributed by atoms with Crippen LogP contribution in [0.15, 0.2) is 6.07 Å². The molecule has 0 heterocycles. The Bertz CT molecular complexity index is 464. The van der Waals surface area contributed by atoms with Gasteiger partial charge >= 0.3 is 0 Å². The van der Waals surface area contributed by atoms with E-state index in [-0.39, 0.29) is 0 Å². The smallest absolute Gasteiger partial charge is 0.143 e. The predicted octanol–water partition coefficient (Wildman–Crippen LogP) is 3.21. The molecule has 0 radical (unpaired) electrons. The first-order chi connectivity index (χ1) is 8.15. The number of aryl methyl sites for hydroxylation is 1. The van der Waals surface area contributed by atoms with Crippen molar-refractivity contribution in [1.82, 2.24) is 0 Å². The van der Waals surface area contributed by atoms with E-state index in [1.54, 1.807) is 7.11 Å². The Labute approximate surface area is 107 Å². The van der Waals surface area contributed by atoms with Gasteiger partial charge in [-0.1, -0.05) is 11.6 Å². The zero-order chi connectivity index (χ0) is 12.0. The molecule has 0 aromatic heterocycles. The average molecular weight is 253 g/mol. The Morgan fingerprint density at radius 2 is 2.00 bits per heavy atom. The molecule has 0 spiro atoms. The number of hydrogen-bond acceptors (Lipinski definition) is 2. The van der Waals surface area contributed by atoms with Crippen LogP contribution in [0.4, 0.5) is 0 Å². The third-order valence-corrected chi connectivity index (χ3v) is 4.37. The van der Waals surface area contributed by atoms with E-state index in [9.17, 15) is 5.11 Å². The highest BCUT2D eigenvalue weighted by Crippen LogP contribution is 2.52. The van der Waals surface area contributed by atoms with Crippen LogP contribution < -0.4 is 4.74 Å². The summed E-state index contributed by atoms with van der Waals surface area (Å²) in [5.41, 5.74) is 2.74. The Morgan fingerprint density at radius 3 is 2.65 bits per heavy atom. The normalized spacial score (nSPS) is 20.9. The molecule has 1 saturated carbocycles. The molecule has 3 heteroatoms. The number of fused-ring (bicyclic) bond motifs is 1. The lowest BCUT2D eigenvalue weighted by Crippen LogP contribution is -2.12. The van der Waals surface area contributed by atoms with E-state index < -0.39 is 5.60 Å². The van der Waals surface area contributed by atoms with Crippen molar-refractivity contribution in [1.29, 1.82) is 0 Å². The minimum atomic E-state index is -0.679. The van der Waals surface area contributed by atoms with Gasteiger partial charge in [0, 0.05) is 5.56 Å². The highest BCUT2D eigenvalue weighted by molar-refractivity contribution is 6.33. The first-order valence-corrected chi connectivity index (χ1v) is 6.64. The first-order valence-electron chi connectivity index (χ1n) is 6.27.